The summed E-state index contributed by atoms with van der Waals surface area (Å²) in [6, 6.07) is 31.1. The fourth-order valence-corrected chi connectivity index (χ4v) is 9.28. The van der Waals surface area contributed by atoms with Gasteiger partial charge in [0.05, 0.1) is 19.7 Å². The summed E-state index contributed by atoms with van der Waals surface area (Å²) >= 11 is 0. The van der Waals surface area contributed by atoms with Crippen LogP contribution in [0.2, 0.25) is 19.6 Å². The molecule has 1 unspecified atom stereocenters. The molecular weight excluding hydrogens is 522 g/mol. The highest BCUT2D eigenvalue weighted by molar-refractivity contribution is 6.88. The molecule has 7 heterocycles. The van der Waals surface area contributed by atoms with E-state index in [0.29, 0.717) is 0 Å². The smallest absolute Gasteiger partial charge is 0.381 e. The van der Waals surface area contributed by atoms with Gasteiger partial charge in [-0.25, -0.2) is 0 Å². The first-order valence-electron chi connectivity index (χ1n) is 14.5. The number of hydrogen-bond acceptors (Lipinski definition) is 3. The van der Waals surface area contributed by atoms with E-state index in [9.17, 15) is 0 Å². The lowest BCUT2D eigenvalue weighted by Gasteiger charge is -2.44. The summed E-state index contributed by atoms with van der Waals surface area (Å²) in [6.07, 6.45) is 0. The van der Waals surface area contributed by atoms with Gasteiger partial charge < -0.3 is 9.47 Å². The molecule has 0 saturated carbocycles. The summed E-state index contributed by atoms with van der Waals surface area (Å²) in [5, 5.41) is 1.39. The third kappa shape index (κ3) is 2.25. The molecule has 0 aliphatic carbocycles. The van der Waals surface area contributed by atoms with Crippen molar-refractivity contribution in [1.29, 1.82) is 0 Å². The lowest BCUT2D eigenvalue weighted by Crippen LogP contribution is -2.75. The van der Waals surface area contributed by atoms with Gasteiger partial charge in [0, 0.05) is 17.0 Å². The van der Waals surface area contributed by atoms with Gasteiger partial charge in [0.25, 0.3) is 11.5 Å². The van der Waals surface area contributed by atoms with Gasteiger partial charge in [-0.2, -0.15) is 4.90 Å². The maximum Gasteiger partial charge on any atom is 0.381 e. The second-order valence-electron chi connectivity index (χ2n) is 13.5. The highest BCUT2D eigenvalue weighted by atomic mass is 28.3. The summed E-state index contributed by atoms with van der Waals surface area (Å²) in [6.45, 7) is 12.0. The van der Waals surface area contributed by atoms with E-state index < -0.39 is 13.7 Å². The van der Waals surface area contributed by atoms with E-state index in [1.54, 1.807) is 0 Å². The molecule has 2 aromatic heterocycles. The van der Waals surface area contributed by atoms with Crippen LogP contribution in [-0.4, -0.2) is 8.07 Å². The molecule has 0 saturated heterocycles. The normalized spacial score (nSPS) is 20.0. The Morgan fingerprint density at radius 1 is 0.659 bits per heavy atom. The first kappa shape index (κ1) is 22.3. The van der Waals surface area contributed by atoms with Gasteiger partial charge in [-0.1, -0.05) is 63.8 Å². The van der Waals surface area contributed by atoms with E-state index in [4.69, 9.17) is 9.47 Å². The van der Waals surface area contributed by atoms with Crippen LogP contribution >= 0.6 is 0 Å². The maximum atomic E-state index is 6.82. The molecule has 198 valence electrons. The lowest BCUT2D eigenvalue weighted by atomic mass is 9.72. The molecule has 5 aliphatic rings. The second-order valence-corrected chi connectivity index (χ2v) is 18.6. The van der Waals surface area contributed by atoms with E-state index in [1.165, 1.54) is 44.8 Å². The molecule has 1 spiro atoms. The number of nitrogens with zero attached hydrogens (tertiary/aromatic N) is 3. The minimum absolute atomic E-state index is 0.180. The Kier molecular flexibility index (Phi) is 3.56. The van der Waals surface area contributed by atoms with Crippen LogP contribution in [0.25, 0.3) is 11.4 Å². The molecule has 0 N–H and O–H groups in total. The van der Waals surface area contributed by atoms with Crippen LogP contribution in [0, 0.1) is 0 Å². The summed E-state index contributed by atoms with van der Waals surface area (Å²) in [5.74, 6) is 4.74. The van der Waals surface area contributed by atoms with Crippen molar-refractivity contribution >= 4 is 30.5 Å². The molecule has 0 bridgehead atoms. The first-order chi connectivity index (χ1) is 19.7. The van der Waals surface area contributed by atoms with Crippen molar-refractivity contribution in [3.8, 4) is 34.5 Å². The molecule has 5 aromatic rings. The molecule has 0 radical (unpaired) electrons. The van der Waals surface area contributed by atoms with Gasteiger partial charge in [0.1, 0.15) is 17.2 Å². The summed E-state index contributed by atoms with van der Waals surface area (Å²) in [7, 11) is -1.67. The van der Waals surface area contributed by atoms with Crippen LogP contribution in [0.4, 0.5) is 17.2 Å². The average molecular weight is 552 g/mol. The maximum absolute atomic E-state index is 6.82. The van der Waals surface area contributed by atoms with Crippen LogP contribution in [-0.2, 0) is 11.1 Å². The number of ether oxygens (including phenoxy) is 2. The van der Waals surface area contributed by atoms with Gasteiger partial charge in [-0.05, 0) is 47.7 Å². The molecule has 10 rings (SSSR count). The zero-order valence-corrected chi connectivity index (χ0v) is 24.7. The molecular formula is C35H29N3O2Si+2. The molecule has 5 aliphatic heterocycles. The van der Waals surface area contributed by atoms with Crippen molar-refractivity contribution in [1.82, 2.24) is 0 Å². The minimum Gasteiger partial charge on any atom is -0.455 e. The average Bonchev–Trinajstić information content (AvgIpc) is 3.25. The van der Waals surface area contributed by atoms with Crippen molar-refractivity contribution < 1.29 is 18.6 Å². The van der Waals surface area contributed by atoms with Gasteiger partial charge in [0.15, 0.2) is 22.6 Å². The summed E-state index contributed by atoms with van der Waals surface area (Å²) in [5.41, 5.74) is 8.85. The number of aromatic nitrogens is 2. The standard InChI is InChI=1S/C35H29N3O2Si/c1-34(2)21-10-6-7-11-23(21)36-25-12-8-13-27-31(25)35-32-28(39-27)14-9-15-29(32)40-30-19-20(41(3,4)5)18-26(37(30)35)24-17-16-22(34)33(36)38(24)35/h6-19H,1-5H3/q+2. The van der Waals surface area contributed by atoms with Gasteiger partial charge in [-0.3, -0.25) is 0 Å². The molecule has 0 fully saturated rings. The highest BCUT2D eigenvalue weighted by Crippen LogP contribution is 2.63. The minimum atomic E-state index is -1.67. The topological polar surface area (TPSA) is 29.5 Å². The Hall–Kier alpha value is -4.42. The van der Waals surface area contributed by atoms with Crippen molar-refractivity contribution in [2.24, 2.45) is 0 Å². The number of pyridine rings is 2. The third-order valence-electron chi connectivity index (χ3n) is 9.98. The highest BCUT2D eigenvalue weighted by Gasteiger charge is 2.74. The van der Waals surface area contributed by atoms with Gasteiger partial charge in [-0.15, -0.1) is 9.13 Å². The SMILES string of the molecule is CC1(C)c2ccccc2N2c3cccc4c3C35c6c(cccc6Oc6cc([Si](C)(C)C)cc([n+]63)-c3ccc1c2[n+]35)O4. The number of para-hydroxylation sites is 1. The predicted octanol–water partition coefficient (Wildman–Crippen LogP) is 6.72. The number of benzene rings is 3. The van der Waals surface area contributed by atoms with Gasteiger partial charge >= 0.3 is 11.5 Å². The fraction of sp³-hybridized carbons (Fsp3) is 0.200. The number of hydrogen-bond donors (Lipinski definition) is 0. The van der Waals surface area contributed by atoms with Crippen molar-refractivity contribution in [2.75, 3.05) is 4.90 Å². The van der Waals surface area contributed by atoms with E-state index in [1.807, 2.05) is 6.07 Å². The Bertz CT molecular complexity index is 2090. The van der Waals surface area contributed by atoms with Crippen LogP contribution in [0.5, 0.6) is 23.1 Å². The van der Waals surface area contributed by atoms with Gasteiger partial charge in [0.2, 0.25) is 5.69 Å². The van der Waals surface area contributed by atoms with E-state index in [0.717, 1.165) is 34.4 Å². The molecule has 1 atom stereocenters. The van der Waals surface area contributed by atoms with Crippen LogP contribution < -0.4 is 28.7 Å². The fourth-order valence-electron chi connectivity index (χ4n) is 8.15. The Balaban J connectivity index is 1.48. The second kappa shape index (κ2) is 6.55. The Morgan fingerprint density at radius 3 is 2.17 bits per heavy atom. The van der Waals surface area contributed by atoms with Crippen molar-refractivity contribution in [3.63, 3.8) is 0 Å². The first-order valence-corrected chi connectivity index (χ1v) is 18.0. The van der Waals surface area contributed by atoms with E-state index >= 15 is 0 Å². The van der Waals surface area contributed by atoms with Crippen LogP contribution in [0.1, 0.15) is 36.1 Å². The van der Waals surface area contributed by atoms with E-state index in [-0.39, 0.29) is 5.41 Å². The van der Waals surface area contributed by atoms with Crippen LogP contribution in [0.3, 0.4) is 0 Å². The van der Waals surface area contributed by atoms with Crippen molar-refractivity contribution in [2.45, 2.75) is 44.6 Å². The van der Waals surface area contributed by atoms with Crippen LogP contribution in [0.15, 0.2) is 84.9 Å². The predicted molar refractivity (Wildman–Crippen MR) is 160 cm³/mol. The monoisotopic (exact) mass is 551 g/mol. The zero-order chi connectivity index (χ0) is 27.6. The summed E-state index contributed by atoms with van der Waals surface area (Å²) < 4.78 is 18.6. The molecule has 6 heteroatoms. The molecule has 5 nitrogen and oxygen atoms in total. The number of anilines is 3. The molecule has 41 heavy (non-hydrogen) atoms. The number of fused-ring (bicyclic) bond motifs is 4. The molecule has 3 aromatic carbocycles. The lowest BCUT2D eigenvalue weighted by molar-refractivity contribution is -0.936. The van der Waals surface area contributed by atoms with Crippen molar-refractivity contribution in [3.05, 3.63) is 107 Å². The third-order valence-corrected chi connectivity index (χ3v) is 12.0. The molecule has 0 amide bonds. The Labute approximate surface area is 239 Å². The van der Waals surface area contributed by atoms with E-state index in [2.05, 4.69) is 126 Å². The quantitative estimate of drug-likeness (QED) is 0.168. The zero-order valence-electron chi connectivity index (χ0n) is 23.7. The number of rotatable bonds is 1. The Morgan fingerprint density at radius 2 is 1.37 bits per heavy atom. The summed E-state index contributed by atoms with van der Waals surface area (Å²) in [4.78, 5) is 2.49. The largest absolute Gasteiger partial charge is 0.455 e.